The third kappa shape index (κ3) is 3.19. The molecule has 1 saturated heterocycles. The fourth-order valence-corrected chi connectivity index (χ4v) is 4.24. The van der Waals surface area contributed by atoms with E-state index < -0.39 is 33.2 Å². The Kier molecular flexibility index (Phi) is 3.32. The fraction of sp³-hybridized carbons (Fsp3) is 0.917. The van der Waals surface area contributed by atoms with Crippen LogP contribution in [0.2, 0.25) is 0 Å². The number of rotatable bonds is 2. The van der Waals surface area contributed by atoms with Crippen molar-refractivity contribution in [2.75, 3.05) is 12.3 Å². The van der Waals surface area contributed by atoms with Crippen LogP contribution in [0.15, 0.2) is 0 Å². The molecular formula is C12H20FNO4S. The van der Waals surface area contributed by atoms with Crippen LogP contribution in [-0.2, 0) is 15.0 Å². The lowest BCUT2D eigenvalue weighted by molar-refractivity contribution is 0.00673. The number of halogens is 1. The van der Waals surface area contributed by atoms with Gasteiger partial charge in [0.1, 0.15) is 11.4 Å². The minimum absolute atomic E-state index is 0.259. The number of fused-ring (bicyclic) bond motifs is 2. The zero-order valence-corrected chi connectivity index (χ0v) is 12.3. The van der Waals surface area contributed by atoms with Gasteiger partial charge in [-0.25, -0.2) is 4.79 Å². The summed E-state index contributed by atoms with van der Waals surface area (Å²) in [7, 11) is -4.61. The van der Waals surface area contributed by atoms with Crippen molar-refractivity contribution in [3.63, 3.8) is 0 Å². The van der Waals surface area contributed by atoms with E-state index in [1.54, 1.807) is 20.8 Å². The summed E-state index contributed by atoms with van der Waals surface area (Å²) in [6.07, 6.45) is 1.38. The Bertz CT molecular complexity index is 484. The maximum atomic E-state index is 13.1. The largest absolute Gasteiger partial charge is 0.444 e. The van der Waals surface area contributed by atoms with Gasteiger partial charge >= 0.3 is 16.3 Å². The van der Waals surface area contributed by atoms with Gasteiger partial charge in [-0.1, -0.05) is 0 Å². The molecule has 1 aliphatic heterocycles. The SMILES string of the molecule is CC(C)(C)OC(=O)N1CC2CCC1(CS(=O)(=O)F)C2. The van der Waals surface area contributed by atoms with E-state index in [4.69, 9.17) is 4.74 Å². The molecule has 0 aromatic rings. The van der Waals surface area contributed by atoms with Gasteiger partial charge in [0.15, 0.2) is 0 Å². The summed E-state index contributed by atoms with van der Waals surface area (Å²) in [5.74, 6) is -0.357. The molecule has 110 valence electrons. The lowest BCUT2D eigenvalue weighted by Crippen LogP contribution is -2.53. The summed E-state index contributed by atoms with van der Waals surface area (Å²) < 4.78 is 40.3. The standard InChI is InChI=1S/C12H20FNO4S/c1-11(2,3)18-10(15)14-7-9-4-5-12(14,6-9)8-19(13,16)17/h9H,4-8H2,1-3H3. The maximum absolute atomic E-state index is 13.1. The number of ether oxygens (including phenoxy) is 1. The first-order valence-corrected chi connectivity index (χ1v) is 7.99. The Morgan fingerprint density at radius 1 is 1.47 bits per heavy atom. The van der Waals surface area contributed by atoms with Crippen LogP contribution in [0.1, 0.15) is 40.0 Å². The number of hydrogen-bond acceptors (Lipinski definition) is 4. The molecule has 0 radical (unpaired) electrons. The lowest BCUT2D eigenvalue weighted by Gasteiger charge is -2.38. The molecule has 0 aromatic heterocycles. The number of nitrogens with zero attached hydrogens (tertiary/aromatic N) is 1. The minimum atomic E-state index is -4.61. The molecular weight excluding hydrogens is 273 g/mol. The number of likely N-dealkylation sites (tertiary alicyclic amines) is 1. The first-order chi connectivity index (χ1) is 8.51. The van der Waals surface area contributed by atoms with E-state index in [1.165, 1.54) is 4.90 Å². The van der Waals surface area contributed by atoms with Crippen molar-refractivity contribution in [2.45, 2.75) is 51.2 Å². The molecule has 5 nitrogen and oxygen atoms in total. The predicted octanol–water partition coefficient (Wildman–Crippen LogP) is 2.08. The molecule has 1 saturated carbocycles. The van der Waals surface area contributed by atoms with E-state index >= 15 is 0 Å². The minimum Gasteiger partial charge on any atom is -0.444 e. The molecule has 0 spiro atoms. The maximum Gasteiger partial charge on any atom is 0.410 e. The topological polar surface area (TPSA) is 63.7 Å². The zero-order chi connectivity index (χ0) is 14.5. The normalized spacial score (nSPS) is 30.7. The van der Waals surface area contributed by atoms with Crippen LogP contribution in [0.4, 0.5) is 8.68 Å². The molecule has 2 rings (SSSR count). The van der Waals surface area contributed by atoms with Crippen molar-refractivity contribution >= 4 is 16.3 Å². The Labute approximate surface area is 113 Å². The van der Waals surface area contributed by atoms with E-state index in [-0.39, 0.29) is 5.92 Å². The molecule has 1 heterocycles. The van der Waals surface area contributed by atoms with Crippen molar-refractivity contribution in [1.82, 2.24) is 4.90 Å². The van der Waals surface area contributed by atoms with E-state index in [0.717, 1.165) is 6.42 Å². The summed E-state index contributed by atoms with van der Waals surface area (Å²) in [4.78, 5) is 13.5. The molecule has 7 heteroatoms. The number of hydrogen-bond donors (Lipinski definition) is 0. The van der Waals surface area contributed by atoms with Crippen LogP contribution in [0.3, 0.4) is 0 Å². The number of carbonyl (C=O) groups excluding carboxylic acids is 1. The van der Waals surface area contributed by atoms with Crippen molar-refractivity contribution in [1.29, 1.82) is 0 Å². The van der Waals surface area contributed by atoms with Gasteiger partial charge in [0, 0.05) is 6.54 Å². The van der Waals surface area contributed by atoms with Gasteiger partial charge in [-0.05, 0) is 46.0 Å². The summed E-state index contributed by atoms with van der Waals surface area (Å²) in [5, 5.41) is 0. The second-order valence-corrected chi connectivity index (χ2v) is 7.97. The van der Waals surface area contributed by atoms with E-state index in [0.29, 0.717) is 19.4 Å². The average molecular weight is 293 g/mol. The third-order valence-corrected chi connectivity index (χ3v) is 4.64. The van der Waals surface area contributed by atoms with Crippen molar-refractivity contribution < 1.29 is 21.8 Å². The Balaban J connectivity index is 2.19. The number of amides is 1. The highest BCUT2D eigenvalue weighted by Crippen LogP contribution is 2.47. The summed E-state index contributed by atoms with van der Waals surface area (Å²) in [5.41, 5.74) is -1.55. The van der Waals surface area contributed by atoms with Crippen LogP contribution in [0, 0.1) is 5.92 Å². The molecule has 0 aromatic carbocycles. The molecule has 0 N–H and O–H groups in total. The van der Waals surface area contributed by atoms with E-state index in [1.807, 2.05) is 0 Å². The van der Waals surface area contributed by atoms with E-state index in [2.05, 4.69) is 0 Å². The average Bonchev–Trinajstić information content (AvgIpc) is 2.67. The third-order valence-electron chi connectivity index (χ3n) is 3.75. The van der Waals surface area contributed by atoms with Gasteiger partial charge in [0.25, 0.3) is 0 Å². The summed E-state index contributed by atoms with van der Waals surface area (Å²) in [6, 6.07) is 0. The molecule has 2 atom stereocenters. The highest BCUT2D eigenvalue weighted by molar-refractivity contribution is 7.86. The molecule has 19 heavy (non-hydrogen) atoms. The molecule has 1 amide bonds. The van der Waals surface area contributed by atoms with Gasteiger partial charge < -0.3 is 9.64 Å². The smallest absolute Gasteiger partial charge is 0.410 e. The van der Waals surface area contributed by atoms with Crippen molar-refractivity contribution in [3.05, 3.63) is 0 Å². The second kappa shape index (κ2) is 4.33. The molecule has 2 aliphatic rings. The van der Waals surface area contributed by atoms with E-state index in [9.17, 15) is 17.1 Å². The van der Waals surface area contributed by atoms with Gasteiger partial charge in [-0.2, -0.15) is 8.42 Å². The first kappa shape index (κ1) is 14.6. The summed E-state index contributed by atoms with van der Waals surface area (Å²) >= 11 is 0. The quantitative estimate of drug-likeness (QED) is 0.731. The van der Waals surface area contributed by atoms with Crippen molar-refractivity contribution in [3.8, 4) is 0 Å². The van der Waals surface area contributed by atoms with Gasteiger partial charge in [-0.3, -0.25) is 0 Å². The fourth-order valence-electron chi connectivity index (χ4n) is 3.18. The number of carbonyl (C=O) groups is 1. The Hall–Kier alpha value is -0.850. The van der Waals surface area contributed by atoms with Crippen LogP contribution in [-0.4, -0.2) is 42.8 Å². The molecule has 2 unspecified atom stereocenters. The Morgan fingerprint density at radius 3 is 2.58 bits per heavy atom. The van der Waals surface area contributed by atoms with Gasteiger partial charge in [-0.15, -0.1) is 3.89 Å². The van der Waals surface area contributed by atoms with Crippen LogP contribution in [0.25, 0.3) is 0 Å². The molecule has 2 fully saturated rings. The predicted molar refractivity (Wildman–Crippen MR) is 67.9 cm³/mol. The highest BCUT2D eigenvalue weighted by Gasteiger charge is 2.55. The molecule has 2 bridgehead atoms. The summed E-state index contributed by atoms with van der Waals surface area (Å²) in [6.45, 7) is 5.71. The molecule has 1 aliphatic carbocycles. The second-order valence-electron chi connectivity index (χ2n) is 6.61. The first-order valence-electron chi connectivity index (χ1n) is 6.44. The van der Waals surface area contributed by atoms with Crippen molar-refractivity contribution in [2.24, 2.45) is 5.92 Å². The zero-order valence-electron chi connectivity index (χ0n) is 11.5. The van der Waals surface area contributed by atoms with Gasteiger partial charge in [0.05, 0.1) is 5.54 Å². The Morgan fingerprint density at radius 2 is 2.11 bits per heavy atom. The highest BCUT2D eigenvalue weighted by atomic mass is 32.3. The van der Waals surface area contributed by atoms with Crippen LogP contribution >= 0.6 is 0 Å². The monoisotopic (exact) mass is 293 g/mol. The van der Waals surface area contributed by atoms with Crippen LogP contribution in [0.5, 0.6) is 0 Å². The number of piperidine rings is 1. The van der Waals surface area contributed by atoms with Crippen LogP contribution < -0.4 is 0 Å². The van der Waals surface area contributed by atoms with Gasteiger partial charge in [0.2, 0.25) is 0 Å². The lowest BCUT2D eigenvalue weighted by atomic mass is 10.0.